The molecular formula is C12H13FN4O3S2. The van der Waals surface area contributed by atoms with Gasteiger partial charge in [0, 0.05) is 0 Å². The Balaban J connectivity index is 2.08. The van der Waals surface area contributed by atoms with E-state index in [0.717, 1.165) is 17.6 Å². The van der Waals surface area contributed by atoms with Crippen molar-refractivity contribution in [1.82, 2.24) is 10.2 Å². The molecule has 0 saturated heterocycles. The normalized spacial score (nSPS) is 12.7. The van der Waals surface area contributed by atoms with Crippen molar-refractivity contribution in [2.75, 3.05) is 16.3 Å². The summed E-state index contributed by atoms with van der Waals surface area (Å²) < 4.78 is 37.9. The third kappa shape index (κ3) is 4.21. The molecule has 10 heteroatoms. The first-order valence-corrected chi connectivity index (χ1v) is 8.83. The van der Waals surface area contributed by atoms with Crippen LogP contribution < -0.4 is 10.0 Å². The molecule has 1 aromatic carbocycles. The predicted octanol–water partition coefficient (Wildman–Crippen LogP) is 1.79. The van der Waals surface area contributed by atoms with E-state index in [9.17, 15) is 17.6 Å². The summed E-state index contributed by atoms with van der Waals surface area (Å²) in [5.74, 6) is -1.66. The average Bonchev–Trinajstić information content (AvgIpc) is 2.83. The number of nitrogens with one attached hydrogen (secondary N) is 2. The maximum absolute atomic E-state index is 13.6. The molecular weight excluding hydrogens is 331 g/mol. The Morgan fingerprint density at radius 2 is 1.91 bits per heavy atom. The zero-order valence-electron chi connectivity index (χ0n) is 11.7. The number of aromatic nitrogens is 2. The van der Waals surface area contributed by atoms with E-state index in [1.54, 1.807) is 13.0 Å². The predicted molar refractivity (Wildman–Crippen MR) is 81.8 cm³/mol. The fraction of sp³-hybridized carbons (Fsp3) is 0.250. The number of carbonyl (C=O) groups excluding carboxylic acids is 1. The summed E-state index contributed by atoms with van der Waals surface area (Å²) in [6.45, 7) is 1.56. The number of sulfonamides is 1. The lowest BCUT2D eigenvalue weighted by atomic mass is 10.00. The first-order valence-electron chi connectivity index (χ1n) is 6.13. The van der Waals surface area contributed by atoms with Crippen molar-refractivity contribution < 1.29 is 17.6 Å². The summed E-state index contributed by atoms with van der Waals surface area (Å²) in [7, 11) is -3.46. The topological polar surface area (TPSA) is 101 Å². The molecule has 0 unspecified atom stereocenters. The van der Waals surface area contributed by atoms with Gasteiger partial charge in [-0.15, -0.1) is 10.2 Å². The molecule has 0 aliphatic heterocycles. The van der Waals surface area contributed by atoms with Gasteiger partial charge in [-0.25, -0.2) is 12.8 Å². The van der Waals surface area contributed by atoms with Crippen LogP contribution in [-0.2, 0) is 14.8 Å². The molecule has 0 aliphatic carbocycles. The summed E-state index contributed by atoms with van der Waals surface area (Å²) in [6, 6.07) is 5.98. The van der Waals surface area contributed by atoms with Gasteiger partial charge < -0.3 is 0 Å². The summed E-state index contributed by atoms with van der Waals surface area (Å²) in [4.78, 5) is 12.1. The van der Waals surface area contributed by atoms with Crippen LogP contribution in [0.3, 0.4) is 0 Å². The van der Waals surface area contributed by atoms with E-state index < -0.39 is 27.7 Å². The van der Waals surface area contributed by atoms with Gasteiger partial charge in [0.05, 0.1) is 12.2 Å². The van der Waals surface area contributed by atoms with Crippen molar-refractivity contribution in [2.24, 2.45) is 0 Å². The second-order valence-corrected chi connectivity index (χ2v) is 7.25. The maximum Gasteiger partial charge on any atom is 0.233 e. The van der Waals surface area contributed by atoms with E-state index in [1.165, 1.54) is 18.2 Å². The molecule has 0 radical (unpaired) electrons. The molecule has 2 N–H and O–H groups in total. The van der Waals surface area contributed by atoms with Crippen LogP contribution in [0.4, 0.5) is 14.7 Å². The van der Waals surface area contributed by atoms with E-state index >= 15 is 0 Å². The number of amides is 1. The van der Waals surface area contributed by atoms with Gasteiger partial charge in [0.1, 0.15) is 5.82 Å². The first-order chi connectivity index (χ1) is 10.3. The number of anilines is 2. The fourth-order valence-electron chi connectivity index (χ4n) is 1.65. The van der Waals surface area contributed by atoms with E-state index in [0.29, 0.717) is 0 Å². The lowest BCUT2D eigenvalue weighted by molar-refractivity contribution is -0.117. The van der Waals surface area contributed by atoms with Crippen molar-refractivity contribution in [1.29, 1.82) is 0 Å². The zero-order valence-corrected chi connectivity index (χ0v) is 13.3. The van der Waals surface area contributed by atoms with Gasteiger partial charge in [-0.1, -0.05) is 29.5 Å². The highest BCUT2D eigenvalue weighted by atomic mass is 32.2. The standard InChI is InChI=1S/C12H13FN4O3S2/c1-7(8-5-3-4-6-9(8)13)10(18)14-11-15-16-12(21-11)17-22(2,19)20/h3-7H,1-2H3,(H,16,17)(H,14,15,18)/t7-/m0/s1. The number of carbonyl (C=O) groups is 1. The maximum atomic E-state index is 13.6. The molecule has 1 atom stereocenters. The summed E-state index contributed by atoms with van der Waals surface area (Å²) in [6.07, 6.45) is 0.979. The highest BCUT2D eigenvalue weighted by molar-refractivity contribution is 7.92. The average molecular weight is 344 g/mol. The van der Waals surface area contributed by atoms with Gasteiger partial charge in [0.2, 0.25) is 26.2 Å². The number of benzene rings is 1. The quantitative estimate of drug-likeness (QED) is 0.861. The monoisotopic (exact) mass is 344 g/mol. The Labute approximate surface area is 130 Å². The Kier molecular flexibility index (Phi) is 4.71. The molecule has 0 saturated carbocycles. The molecule has 1 amide bonds. The summed E-state index contributed by atoms with van der Waals surface area (Å²) >= 11 is 0.867. The van der Waals surface area contributed by atoms with E-state index in [2.05, 4.69) is 20.2 Å². The fourth-order valence-corrected chi connectivity index (χ4v) is 3.13. The number of halogens is 1. The van der Waals surface area contributed by atoms with Gasteiger partial charge in [-0.3, -0.25) is 14.8 Å². The second kappa shape index (κ2) is 6.36. The molecule has 0 aliphatic rings. The van der Waals surface area contributed by atoms with Gasteiger partial charge in [0.25, 0.3) is 0 Å². The van der Waals surface area contributed by atoms with Crippen LogP contribution in [-0.4, -0.2) is 30.8 Å². The molecule has 22 heavy (non-hydrogen) atoms. The van der Waals surface area contributed by atoms with Crippen LogP contribution in [0.5, 0.6) is 0 Å². The van der Waals surface area contributed by atoms with Crippen LogP contribution in [0.2, 0.25) is 0 Å². The van der Waals surface area contributed by atoms with Gasteiger partial charge in [0.15, 0.2) is 0 Å². The van der Waals surface area contributed by atoms with Gasteiger partial charge in [-0.05, 0) is 18.6 Å². The minimum absolute atomic E-state index is 0.0383. The van der Waals surface area contributed by atoms with Crippen molar-refractivity contribution in [3.8, 4) is 0 Å². The Morgan fingerprint density at radius 1 is 1.27 bits per heavy atom. The van der Waals surface area contributed by atoms with Crippen LogP contribution in [0, 0.1) is 5.82 Å². The minimum Gasteiger partial charge on any atom is -0.300 e. The Bertz CT molecular complexity index is 791. The van der Waals surface area contributed by atoms with Crippen molar-refractivity contribution in [3.05, 3.63) is 35.6 Å². The van der Waals surface area contributed by atoms with Gasteiger partial charge >= 0.3 is 0 Å². The Hall–Kier alpha value is -2.07. The van der Waals surface area contributed by atoms with E-state index in [1.807, 2.05) is 0 Å². The summed E-state index contributed by atoms with van der Waals surface area (Å²) in [5.41, 5.74) is 0.263. The Morgan fingerprint density at radius 3 is 2.55 bits per heavy atom. The number of nitrogens with zero attached hydrogens (tertiary/aromatic N) is 2. The van der Waals surface area contributed by atoms with Crippen LogP contribution >= 0.6 is 11.3 Å². The molecule has 0 fully saturated rings. The highest BCUT2D eigenvalue weighted by Crippen LogP contribution is 2.24. The van der Waals surface area contributed by atoms with Crippen LogP contribution in [0.15, 0.2) is 24.3 Å². The van der Waals surface area contributed by atoms with Gasteiger partial charge in [-0.2, -0.15) is 0 Å². The highest BCUT2D eigenvalue weighted by Gasteiger charge is 2.20. The van der Waals surface area contributed by atoms with E-state index in [-0.39, 0.29) is 15.8 Å². The molecule has 2 rings (SSSR count). The molecule has 118 valence electrons. The first kappa shape index (κ1) is 16.3. The minimum atomic E-state index is -3.46. The third-order valence-corrected chi connectivity index (χ3v) is 4.14. The smallest absolute Gasteiger partial charge is 0.233 e. The molecule has 1 heterocycles. The molecule has 0 bridgehead atoms. The zero-order chi connectivity index (χ0) is 16.3. The van der Waals surface area contributed by atoms with Crippen molar-refractivity contribution in [3.63, 3.8) is 0 Å². The number of hydrogen-bond acceptors (Lipinski definition) is 6. The van der Waals surface area contributed by atoms with Crippen LogP contribution in [0.25, 0.3) is 0 Å². The summed E-state index contributed by atoms with van der Waals surface area (Å²) in [5, 5.41) is 9.89. The lowest BCUT2D eigenvalue weighted by Gasteiger charge is -2.11. The SMILES string of the molecule is C[C@H](C(=O)Nc1nnc(NS(C)(=O)=O)s1)c1ccccc1F. The third-order valence-electron chi connectivity index (χ3n) is 2.69. The molecule has 0 spiro atoms. The number of hydrogen-bond donors (Lipinski definition) is 2. The largest absolute Gasteiger partial charge is 0.300 e. The molecule has 2 aromatic rings. The van der Waals surface area contributed by atoms with Crippen molar-refractivity contribution >= 4 is 37.5 Å². The number of rotatable bonds is 5. The molecule has 7 nitrogen and oxygen atoms in total. The van der Waals surface area contributed by atoms with Crippen LogP contribution in [0.1, 0.15) is 18.4 Å². The van der Waals surface area contributed by atoms with Crippen molar-refractivity contribution in [2.45, 2.75) is 12.8 Å². The molecule has 1 aromatic heterocycles. The second-order valence-electron chi connectivity index (χ2n) is 4.52. The van der Waals surface area contributed by atoms with E-state index in [4.69, 9.17) is 0 Å². The lowest BCUT2D eigenvalue weighted by Crippen LogP contribution is -2.19.